The highest BCUT2D eigenvalue weighted by Gasteiger charge is 2.47. The van der Waals surface area contributed by atoms with Crippen LogP contribution in [0.3, 0.4) is 0 Å². The minimum Gasteiger partial charge on any atom is -0.387 e. The van der Waals surface area contributed by atoms with Gasteiger partial charge in [-0.25, -0.2) is 19.7 Å². The first-order valence-electron chi connectivity index (χ1n) is 12.2. The summed E-state index contributed by atoms with van der Waals surface area (Å²) in [7, 11) is 0. The summed E-state index contributed by atoms with van der Waals surface area (Å²) in [6.07, 6.45) is -1.54. The molecule has 4 unspecified atom stereocenters. The Bertz CT molecular complexity index is 1390. The van der Waals surface area contributed by atoms with Gasteiger partial charge in [0.1, 0.15) is 12.2 Å². The summed E-state index contributed by atoms with van der Waals surface area (Å²) in [5.41, 5.74) is 0.848. The zero-order chi connectivity index (χ0) is 27.2. The molecule has 0 saturated carbocycles. The van der Waals surface area contributed by atoms with Gasteiger partial charge >= 0.3 is 6.03 Å². The number of fused-ring (bicyclic) bond motifs is 1. The van der Waals surface area contributed by atoms with Gasteiger partial charge in [-0.2, -0.15) is 0 Å². The second-order valence-electron chi connectivity index (χ2n) is 8.54. The van der Waals surface area contributed by atoms with Crippen LogP contribution >= 0.6 is 11.6 Å². The Hall–Kier alpha value is -3.76. The smallest absolute Gasteiger partial charge is 0.324 e. The summed E-state index contributed by atoms with van der Waals surface area (Å²) in [6.45, 7) is 4.12. The number of likely N-dealkylation sites (N-methyl/N-ethyl adjacent to an activating group) is 1. The molecule has 0 spiro atoms. The highest BCUT2D eigenvalue weighted by atomic mass is 35.5. The number of nitrogens with zero attached hydrogens (tertiary/aromatic N) is 4. The van der Waals surface area contributed by atoms with Gasteiger partial charge in [-0.3, -0.25) is 14.7 Å². The van der Waals surface area contributed by atoms with Crippen molar-refractivity contribution < 1.29 is 24.5 Å². The number of aromatic nitrogens is 4. The fraction of sp³-hybridized carbons (Fsp3) is 0.400. The van der Waals surface area contributed by atoms with E-state index in [1.54, 1.807) is 31.2 Å². The maximum Gasteiger partial charge on any atom is 0.324 e. The third kappa shape index (κ3) is 6.03. The number of aliphatic hydroxyl groups is 2. The average Bonchev–Trinajstić information content (AvgIpc) is 3.43. The highest BCUT2D eigenvalue weighted by Crippen LogP contribution is 2.32. The number of carbonyl (C=O) groups is 2. The van der Waals surface area contributed by atoms with Crippen molar-refractivity contribution in [1.82, 2.24) is 24.8 Å². The third-order valence-corrected chi connectivity index (χ3v) is 5.95. The number of hydrogen-bond donors (Lipinski definition) is 5. The topological polar surface area (TPSA) is 164 Å². The molecule has 13 heteroatoms. The number of ether oxygens (including phenoxy) is 1. The minimum atomic E-state index is -1.47. The molecule has 4 rings (SSSR count). The normalized spacial score (nSPS) is 20.6. The number of nitrogens with one attached hydrogen (secondary N) is 3. The zero-order valence-electron chi connectivity index (χ0n) is 20.8. The molecule has 1 aliphatic rings. The first kappa shape index (κ1) is 27.3. The molecule has 0 radical (unpaired) electrons. The number of hydrogen-bond acceptors (Lipinski definition) is 8. The predicted molar refractivity (Wildman–Crippen MR) is 140 cm³/mol. The molecule has 38 heavy (non-hydrogen) atoms. The van der Waals surface area contributed by atoms with Crippen molar-refractivity contribution in [3.05, 3.63) is 41.4 Å². The van der Waals surface area contributed by atoms with Crippen LogP contribution < -0.4 is 16.0 Å². The second-order valence-corrected chi connectivity index (χ2v) is 8.97. The van der Waals surface area contributed by atoms with Crippen LogP contribution in [0.2, 0.25) is 5.02 Å². The molecule has 0 aliphatic carbocycles. The summed E-state index contributed by atoms with van der Waals surface area (Å²) in [5, 5.41) is 29.5. The van der Waals surface area contributed by atoms with Crippen LogP contribution in [0.15, 0.2) is 30.6 Å². The van der Waals surface area contributed by atoms with Crippen LogP contribution in [0.1, 0.15) is 45.2 Å². The van der Waals surface area contributed by atoms with Gasteiger partial charge in [-0.15, -0.1) is 0 Å². The van der Waals surface area contributed by atoms with E-state index in [0.29, 0.717) is 23.7 Å². The Morgan fingerprint density at radius 1 is 1.18 bits per heavy atom. The largest absolute Gasteiger partial charge is 0.387 e. The van der Waals surface area contributed by atoms with Crippen LogP contribution in [0.4, 0.5) is 16.3 Å². The Kier molecular flexibility index (Phi) is 8.75. The number of amides is 3. The van der Waals surface area contributed by atoms with Gasteiger partial charge in [-0.1, -0.05) is 36.9 Å². The van der Waals surface area contributed by atoms with E-state index in [1.807, 2.05) is 0 Å². The first-order chi connectivity index (χ1) is 18.3. The molecule has 1 aliphatic heterocycles. The van der Waals surface area contributed by atoms with Crippen LogP contribution in [0, 0.1) is 11.8 Å². The zero-order valence-corrected chi connectivity index (χ0v) is 21.6. The Morgan fingerprint density at radius 3 is 2.74 bits per heavy atom. The maximum atomic E-state index is 12.7. The van der Waals surface area contributed by atoms with Gasteiger partial charge in [0.25, 0.3) is 5.91 Å². The number of halogens is 1. The lowest BCUT2D eigenvalue weighted by molar-refractivity contribution is -0.137. The molecule has 1 fully saturated rings. The van der Waals surface area contributed by atoms with E-state index < -0.39 is 36.5 Å². The SMILES string of the molecule is CCCCC#Cc1nc(NC(=O)Nc2cccc(Cl)c2)c2ncn(C3OC(C(=O)NCC)C(O)C3O)c2n1. The Labute approximate surface area is 223 Å². The summed E-state index contributed by atoms with van der Waals surface area (Å²) in [5.74, 6) is 5.53. The summed E-state index contributed by atoms with van der Waals surface area (Å²) in [6, 6.07) is 6.04. The molecule has 0 bridgehead atoms. The van der Waals surface area contributed by atoms with Crippen molar-refractivity contribution >= 4 is 46.2 Å². The third-order valence-electron chi connectivity index (χ3n) is 5.71. The second kappa shape index (κ2) is 12.2. The van der Waals surface area contributed by atoms with Crippen molar-refractivity contribution in [3.8, 4) is 11.8 Å². The summed E-state index contributed by atoms with van der Waals surface area (Å²) >= 11 is 6.00. The summed E-state index contributed by atoms with van der Waals surface area (Å²) in [4.78, 5) is 38.2. The molecule has 2 aromatic heterocycles. The fourth-order valence-electron chi connectivity index (χ4n) is 3.87. The number of benzene rings is 1. The lowest BCUT2D eigenvalue weighted by Gasteiger charge is -2.16. The van der Waals surface area contributed by atoms with Crippen molar-refractivity contribution in [2.45, 2.75) is 57.6 Å². The minimum absolute atomic E-state index is 0.0707. The Balaban J connectivity index is 1.68. The number of aliphatic hydroxyl groups excluding tert-OH is 2. The van der Waals surface area contributed by atoms with E-state index in [1.165, 1.54) is 10.9 Å². The number of unbranched alkanes of at least 4 members (excludes halogenated alkanes) is 2. The van der Waals surface area contributed by atoms with Gasteiger partial charge in [0.05, 0.1) is 6.33 Å². The van der Waals surface area contributed by atoms with Gasteiger partial charge in [0.2, 0.25) is 5.82 Å². The molecule has 3 aromatic rings. The molecule has 5 N–H and O–H groups in total. The molecule has 12 nitrogen and oxygen atoms in total. The van der Waals surface area contributed by atoms with E-state index in [4.69, 9.17) is 16.3 Å². The molecule has 1 aromatic carbocycles. The van der Waals surface area contributed by atoms with Gasteiger partial charge < -0.3 is 25.6 Å². The highest BCUT2D eigenvalue weighted by molar-refractivity contribution is 6.30. The number of anilines is 2. The predicted octanol–water partition coefficient (Wildman–Crippen LogP) is 2.42. The molecular formula is C25H28ClN7O5. The molecular weight excluding hydrogens is 514 g/mol. The van der Waals surface area contributed by atoms with E-state index in [2.05, 4.69) is 49.7 Å². The quantitative estimate of drug-likeness (QED) is 0.225. The van der Waals surface area contributed by atoms with Gasteiger partial charge in [0, 0.05) is 23.7 Å². The summed E-state index contributed by atoms with van der Waals surface area (Å²) < 4.78 is 7.10. The lowest BCUT2D eigenvalue weighted by atomic mass is 10.1. The number of carbonyl (C=O) groups excluding carboxylic acids is 2. The Morgan fingerprint density at radius 2 is 2.00 bits per heavy atom. The van der Waals surface area contributed by atoms with Crippen LogP contribution in [-0.4, -0.2) is 66.5 Å². The maximum absolute atomic E-state index is 12.7. The number of rotatable bonds is 7. The van der Waals surface area contributed by atoms with Gasteiger partial charge in [-0.05, 0) is 37.5 Å². The fourth-order valence-corrected chi connectivity index (χ4v) is 4.06. The standard InChI is InChI=1S/C25H28ClN7O5/c1-3-5-6-7-11-16-30-21(32-25(37)29-15-10-8-9-14(26)12-15)17-22(31-16)33(13-28-17)24-19(35)18(34)20(38-24)23(36)27-4-2/h8-10,12-13,18-20,24,34-35H,3-6H2,1-2H3,(H,27,36)(H2,29,30,31,32,37). The molecule has 4 atom stereocenters. The van der Waals surface area contributed by atoms with E-state index >= 15 is 0 Å². The van der Waals surface area contributed by atoms with E-state index in [-0.39, 0.29) is 22.8 Å². The lowest BCUT2D eigenvalue weighted by Crippen LogP contribution is -2.42. The van der Waals surface area contributed by atoms with E-state index in [9.17, 15) is 19.8 Å². The molecule has 200 valence electrons. The van der Waals surface area contributed by atoms with E-state index in [0.717, 1.165) is 12.8 Å². The van der Waals surface area contributed by atoms with Crippen molar-refractivity contribution in [2.24, 2.45) is 0 Å². The number of urea groups is 1. The monoisotopic (exact) mass is 541 g/mol. The first-order valence-corrected chi connectivity index (χ1v) is 12.6. The molecule has 1 saturated heterocycles. The van der Waals surface area contributed by atoms with Gasteiger partial charge in [0.15, 0.2) is 29.3 Å². The van der Waals surface area contributed by atoms with Crippen molar-refractivity contribution in [3.63, 3.8) is 0 Å². The molecule has 3 heterocycles. The van der Waals surface area contributed by atoms with Crippen molar-refractivity contribution in [2.75, 3.05) is 17.2 Å². The number of imidazole rings is 1. The van der Waals surface area contributed by atoms with Crippen LogP contribution in [0.25, 0.3) is 11.2 Å². The van der Waals surface area contributed by atoms with Crippen LogP contribution in [0.5, 0.6) is 0 Å². The molecule has 3 amide bonds. The van der Waals surface area contributed by atoms with Crippen molar-refractivity contribution in [1.29, 1.82) is 0 Å². The van der Waals surface area contributed by atoms with Crippen LogP contribution in [-0.2, 0) is 9.53 Å². The average molecular weight is 542 g/mol.